The molecule has 0 unspecified atom stereocenters. The van der Waals surface area contributed by atoms with Crippen molar-refractivity contribution in [1.29, 1.82) is 0 Å². The van der Waals surface area contributed by atoms with E-state index in [1.165, 1.54) is 12.1 Å². The highest BCUT2D eigenvalue weighted by molar-refractivity contribution is 7.89. The Balaban J connectivity index is 1.53. The van der Waals surface area contributed by atoms with Gasteiger partial charge in [-0.2, -0.15) is 4.72 Å². The normalized spacial score (nSPS) is 12.4. The zero-order valence-electron chi connectivity index (χ0n) is 21.2. The van der Waals surface area contributed by atoms with Crippen molar-refractivity contribution in [1.82, 2.24) is 34.9 Å². The Morgan fingerprint density at radius 1 is 1.13 bits per heavy atom. The zero-order chi connectivity index (χ0) is 27.8. The number of tetrazole rings is 1. The maximum absolute atomic E-state index is 13.3. The van der Waals surface area contributed by atoms with Crippen molar-refractivity contribution in [2.24, 2.45) is 0 Å². The van der Waals surface area contributed by atoms with Gasteiger partial charge in [0.2, 0.25) is 21.9 Å². The summed E-state index contributed by atoms with van der Waals surface area (Å²) in [5.41, 5.74) is 2.08. The number of nitrogens with zero attached hydrogens (tertiary/aromatic N) is 5. The molecule has 0 aliphatic carbocycles. The number of imidazole rings is 1. The number of halogens is 1. The third-order valence-corrected chi connectivity index (χ3v) is 7.85. The number of aliphatic hydroxyl groups is 1. The van der Waals surface area contributed by atoms with Gasteiger partial charge in [0.1, 0.15) is 11.9 Å². The molecular formula is C25H29ClN8O4S. The maximum Gasteiger partial charge on any atom is 0.246 e. The van der Waals surface area contributed by atoms with Crippen molar-refractivity contribution in [3.8, 4) is 0 Å². The number of carbonyl (C=O) groups excluding carboxylic acids is 1. The first-order valence-electron chi connectivity index (χ1n) is 12.3. The van der Waals surface area contributed by atoms with Crippen molar-refractivity contribution in [2.75, 3.05) is 5.32 Å². The van der Waals surface area contributed by atoms with E-state index in [0.717, 1.165) is 29.8 Å². The van der Waals surface area contributed by atoms with Gasteiger partial charge in [0, 0.05) is 13.0 Å². The van der Waals surface area contributed by atoms with Crippen LogP contribution in [0, 0.1) is 0 Å². The minimum Gasteiger partial charge on any atom is -0.390 e. The van der Waals surface area contributed by atoms with Crippen LogP contribution in [0.25, 0.3) is 0 Å². The molecule has 0 aliphatic heterocycles. The van der Waals surface area contributed by atoms with Crippen LogP contribution in [0.15, 0.2) is 59.5 Å². The number of aryl methyl sites for hydroxylation is 1. The van der Waals surface area contributed by atoms with Crippen molar-refractivity contribution in [2.45, 2.75) is 56.7 Å². The molecule has 39 heavy (non-hydrogen) atoms. The van der Waals surface area contributed by atoms with Crippen LogP contribution < -0.4 is 10.0 Å². The number of aromatic nitrogens is 6. The molecule has 0 saturated carbocycles. The molecular weight excluding hydrogens is 544 g/mol. The molecule has 14 heteroatoms. The number of anilines is 1. The fourth-order valence-corrected chi connectivity index (χ4v) is 5.49. The molecule has 12 nitrogen and oxygen atoms in total. The number of benzene rings is 2. The number of sulfonamides is 1. The highest BCUT2D eigenvalue weighted by Gasteiger charge is 2.27. The third-order valence-electron chi connectivity index (χ3n) is 6.06. The second kappa shape index (κ2) is 12.9. The topological polar surface area (TPSA) is 168 Å². The lowest BCUT2D eigenvalue weighted by Crippen LogP contribution is -2.45. The molecule has 0 spiro atoms. The number of aliphatic hydroxyl groups excluding tert-OH is 1. The largest absolute Gasteiger partial charge is 0.390 e. The molecule has 2 aromatic heterocycles. The van der Waals surface area contributed by atoms with Crippen LogP contribution in [0.2, 0.25) is 5.15 Å². The number of H-pyrrole nitrogens is 1. The van der Waals surface area contributed by atoms with Crippen LogP contribution in [0.1, 0.15) is 42.4 Å². The summed E-state index contributed by atoms with van der Waals surface area (Å²) in [5, 5.41) is 25.4. The van der Waals surface area contributed by atoms with Gasteiger partial charge < -0.3 is 9.67 Å². The predicted octanol–water partition coefficient (Wildman–Crippen LogP) is 2.46. The molecule has 4 rings (SSSR count). The van der Waals surface area contributed by atoms with Gasteiger partial charge in [-0.15, -0.1) is 0 Å². The van der Waals surface area contributed by atoms with Gasteiger partial charge in [0.05, 0.1) is 17.2 Å². The van der Waals surface area contributed by atoms with Gasteiger partial charge in [0.25, 0.3) is 0 Å². The van der Waals surface area contributed by atoms with E-state index in [2.05, 4.69) is 42.6 Å². The Kier molecular flexibility index (Phi) is 9.41. The fraction of sp³-hybridized carbons (Fsp3) is 0.320. The second-order valence-corrected chi connectivity index (χ2v) is 10.9. The Morgan fingerprint density at radius 3 is 2.51 bits per heavy atom. The summed E-state index contributed by atoms with van der Waals surface area (Å²) in [6.45, 7) is 2.19. The molecule has 0 bridgehead atoms. The molecule has 4 aromatic rings. The fourth-order valence-electron chi connectivity index (χ4n) is 4.03. The van der Waals surface area contributed by atoms with E-state index < -0.39 is 22.0 Å². The van der Waals surface area contributed by atoms with Crippen molar-refractivity contribution in [3.63, 3.8) is 0 Å². The highest BCUT2D eigenvalue weighted by Crippen LogP contribution is 2.22. The molecule has 0 aliphatic rings. The molecule has 206 valence electrons. The van der Waals surface area contributed by atoms with Gasteiger partial charge in [-0.1, -0.05) is 72.5 Å². The first-order chi connectivity index (χ1) is 18.8. The van der Waals surface area contributed by atoms with E-state index in [-0.39, 0.29) is 29.0 Å². The number of amides is 1. The molecule has 4 N–H and O–H groups in total. The lowest BCUT2D eigenvalue weighted by atomic mass is 10.1. The number of rotatable bonds is 13. The monoisotopic (exact) mass is 572 g/mol. The first kappa shape index (κ1) is 28.4. The summed E-state index contributed by atoms with van der Waals surface area (Å²) in [5.74, 6) is 0.147. The molecule has 0 fully saturated rings. The Bertz CT molecular complexity index is 1480. The van der Waals surface area contributed by atoms with Gasteiger partial charge >= 0.3 is 0 Å². The van der Waals surface area contributed by atoms with Crippen LogP contribution >= 0.6 is 11.6 Å². The molecule has 0 radical (unpaired) electrons. The zero-order valence-corrected chi connectivity index (χ0v) is 22.8. The minimum absolute atomic E-state index is 0.00164. The minimum atomic E-state index is -4.07. The lowest BCUT2D eigenvalue weighted by Gasteiger charge is -2.18. The summed E-state index contributed by atoms with van der Waals surface area (Å²) in [7, 11) is -4.07. The number of hydrogen-bond acceptors (Lipinski definition) is 8. The summed E-state index contributed by atoms with van der Waals surface area (Å²) in [6, 6.07) is 14.2. The second-order valence-electron chi connectivity index (χ2n) is 8.86. The number of nitrogens with one attached hydrogen (secondary N) is 3. The third kappa shape index (κ3) is 7.26. The van der Waals surface area contributed by atoms with Crippen LogP contribution in [0.5, 0.6) is 0 Å². The van der Waals surface area contributed by atoms with Crippen molar-refractivity contribution >= 4 is 33.5 Å². The van der Waals surface area contributed by atoms with Crippen LogP contribution in [0.3, 0.4) is 0 Å². The van der Waals surface area contributed by atoms with Crippen LogP contribution in [-0.2, 0) is 40.8 Å². The van der Waals surface area contributed by atoms with Crippen molar-refractivity contribution < 1.29 is 18.3 Å². The van der Waals surface area contributed by atoms with Gasteiger partial charge in [-0.3, -0.25) is 10.1 Å². The van der Waals surface area contributed by atoms with E-state index in [4.69, 9.17) is 11.6 Å². The maximum atomic E-state index is 13.3. The summed E-state index contributed by atoms with van der Waals surface area (Å²) >= 11 is 6.23. The predicted molar refractivity (Wildman–Crippen MR) is 144 cm³/mol. The number of unbranched alkanes of at least 4 members (excludes halogenated alkanes) is 1. The molecule has 1 atom stereocenters. The average Bonchev–Trinajstić information content (AvgIpc) is 3.54. The number of aromatic amines is 1. The number of hydrogen-bond donors (Lipinski definition) is 4. The lowest BCUT2D eigenvalue weighted by molar-refractivity contribution is -0.117. The standard InChI is InChI=1S/C25H29ClN8O4S/c1-2-3-9-22-27-23(26)21(16-35)34(22)15-18-10-12-19(13-11-18)39(37,38)31-20(14-17-7-5-4-6-8-17)24(36)28-25-29-32-33-30-25/h4-8,10-13,20,31,35H,2-3,9,14-16H2,1H3,(H2,28,29,30,32,33,36)/t20-/m0/s1. The first-order valence-corrected chi connectivity index (χ1v) is 14.2. The van der Waals surface area contributed by atoms with E-state index in [1.54, 1.807) is 36.4 Å². The smallest absolute Gasteiger partial charge is 0.246 e. The molecule has 2 aromatic carbocycles. The van der Waals surface area contributed by atoms with Gasteiger partial charge in [-0.05, 0) is 46.5 Å². The molecule has 2 heterocycles. The van der Waals surface area contributed by atoms with Crippen LogP contribution in [0.4, 0.5) is 5.95 Å². The molecule has 0 saturated heterocycles. The van der Waals surface area contributed by atoms with E-state index in [1.807, 2.05) is 10.6 Å². The summed E-state index contributed by atoms with van der Waals surface area (Å²) in [6.07, 6.45) is 2.72. The quantitative estimate of drug-likeness (QED) is 0.189. The summed E-state index contributed by atoms with van der Waals surface area (Å²) in [4.78, 5) is 17.3. The van der Waals surface area contributed by atoms with Crippen LogP contribution in [-0.4, -0.2) is 55.6 Å². The van der Waals surface area contributed by atoms with Crippen molar-refractivity contribution in [3.05, 3.63) is 82.4 Å². The Labute approximate surface area is 230 Å². The van der Waals surface area contributed by atoms with E-state index >= 15 is 0 Å². The Hall–Kier alpha value is -3.65. The van der Waals surface area contributed by atoms with E-state index in [9.17, 15) is 18.3 Å². The Morgan fingerprint density at radius 2 is 1.87 bits per heavy atom. The number of carbonyl (C=O) groups is 1. The van der Waals surface area contributed by atoms with E-state index in [0.29, 0.717) is 18.7 Å². The van der Waals surface area contributed by atoms with Gasteiger partial charge in [-0.25, -0.2) is 18.5 Å². The molecule has 1 amide bonds. The SMILES string of the molecule is CCCCc1nc(Cl)c(CO)n1Cc1ccc(S(=O)(=O)N[C@@H](Cc2ccccc2)C(=O)Nc2nnn[nH]2)cc1. The van der Waals surface area contributed by atoms with Gasteiger partial charge in [0.15, 0.2) is 5.15 Å². The highest BCUT2D eigenvalue weighted by atomic mass is 35.5. The average molecular weight is 573 g/mol. The summed E-state index contributed by atoms with van der Waals surface area (Å²) < 4.78 is 30.9.